The van der Waals surface area contributed by atoms with Crippen LogP contribution in [0.25, 0.3) is 16.9 Å². The number of carboxylic acids is 1. The highest BCUT2D eigenvalue weighted by atomic mass is 35.5. The van der Waals surface area contributed by atoms with Gasteiger partial charge >= 0.3 is 5.97 Å². The van der Waals surface area contributed by atoms with E-state index in [0.29, 0.717) is 16.9 Å². The largest absolute Gasteiger partial charge is 0.476 e. The monoisotopic (exact) mass is 351 g/mol. The van der Waals surface area contributed by atoms with Crippen LogP contribution in [-0.2, 0) is 0 Å². The van der Waals surface area contributed by atoms with E-state index in [9.17, 15) is 9.18 Å². The van der Waals surface area contributed by atoms with Crippen LogP contribution < -0.4 is 0 Å². The van der Waals surface area contributed by atoms with E-state index in [0.717, 1.165) is 0 Å². The Hall–Kier alpha value is -2.44. The second kappa shape index (κ2) is 5.98. The van der Waals surface area contributed by atoms with Gasteiger partial charge in [0.05, 0.1) is 16.4 Å². The standard InChI is InChI=1S/C15H8Cl2FN3O2/c16-10-6-9(1-2-11(10)18)21-13(7-12(20-21)15(22)23)8-3-4-19-14(17)5-8/h1-7H,(H,22,23). The lowest BCUT2D eigenvalue weighted by Gasteiger charge is -2.08. The molecular formula is C15H8Cl2FN3O2. The molecule has 1 N–H and O–H groups in total. The second-order valence-electron chi connectivity index (χ2n) is 4.60. The number of carbonyl (C=O) groups is 1. The first-order valence-corrected chi connectivity index (χ1v) is 7.12. The molecule has 0 spiro atoms. The summed E-state index contributed by atoms with van der Waals surface area (Å²) < 4.78 is 14.7. The van der Waals surface area contributed by atoms with Crippen molar-refractivity contribution in [2.24, 2.45) is 0 Å². The van der Waals surface area contributed by atoms with Gasteiger partial charge in [-0.1, -0.05) is 23.2 Å². The topological polar surface area (TPSA) is 68.0 Å². The maximum atomic E-state index is 13.3. The molecule has 3 rings (SSSR count). The number of halogens is 3. The highest BCUT2D eigenvalue weighted by Crippen LogP contribution is 2.27. The number of carboxylic acid groups (broad SMARTS) is 1. The van der Waals surface area contributed by atoms with Crippen molar-refractivity contribution in [1.29, 1.82) is 0 Å². The predicted molar refractivity (Wildman–Crippen MR) is 83.7 cm³/mol. The molecule has 5 nitrogen and oxygen atoms in total. The zero-order valence-electron chi connectivity index (χ0n) is 11.4. The smallest absolute Gasteiger partial charge is 0.356 e. The first kappa shape index (κ1) is 15.5. The highest BCUT2D eigenvalue weighted by molar-refractivity contribution is 6.31. The van der Waals surface area contributed by atoms with E-state index in [1.165, 1.54) is 35.1 Å². The molecular weight excluding hydrogens is 344 g/mol. The van der Waals surface area contributed by atoms with E-state index < -0.39 is 11.8 Å². The van der Waals surface area contributed by atoms with Crippen molar-refractivity contribution in [3.63, 3.8) is 0 Å². The summed E-state index contributed by atoms with van der Waals surface area (Å²) in [6, 6.07) is 8.63. The summed E-state index contributed by atoms with van der Waals surface area (Å²) in [5.74, 6) is -1.76. The van der Waals surface area contributed by atoms with Gasteiger partial charge in [0, 0.05) is 11.8 Å². The van der Waals surface area contributed by atoms with E-state index in [4.69, 9.17) is 28.3 Å². The molecule has 0 unspecified atom stereocenters. The van der Waals surface area contributed by atoms with Crippen molar-refractivity contribution >= 4 is 29.2 Å². The van der Waals surface area contributed by atoms with Crippen LogP contribution in [0.15, 0.2) is 42.6 Å². The quantitative estimate of drug-likeness (QED) is 0.722. The van der Waals surface area contributed by atoms with Crippen LogP contribution in [0.1, 0.15) is 10.5 Å². The molecule has 0 saturated carbocycles. The van der Waals surface area contributed by atoms with Gasteiger partial charge in [-0.25, -0.2) is 18.9 Å². The lowest BCUT2D eigenvalue weighted by molar-refractivity contribution is 0.0690. The molecule has 2 heterocycles. The lowest BCUT2D eigenvalue weighted by atomic mass is 10.2. The van der Waals surface area contributed by atoms with Crippen molar-refractivity contribution < 1.29 is 14.3 Å². The Balaban J connectivity index is 2.22. The third kappa shape index (κ3) is 3.04. The van der Waals surface area contributed by atoms with Crippen LogP contribution in [0.4, 0.5) is 4.39 Å². The summed E-state index contributed by atoms with van der Waals surface area (Å²) in [7, 11) is 0. The van der Waals surface area contributed by atoms with E-state index in [-0.39, 0.29) is 15.9 Å². The van der Waals surface area contributed by atoms with E-state index in [1.54, 1.807) is 12.1 Å². The summed E-state index contributed by atoms with van der Waals surface area (Å²) in [5, 5.41) is 13.4. The third-order valence-corrected chi connectivity index (χ3v) is 3.59. The molecule has 0 aliphatic carbocycles. The second-order valence-corrected chi connectivity index (χ2v) is 5.39. The Kier molecular flexibility index (Phi) is 4.02. The number of aromatic nitrogens is 3. The van der Waals surface area contributed by atoms with Gasteiger partial charge in [-0.2, -0.15) is 5.10 Å². The van der Waals surface area contributed by atoms with Crippen LogP contribution in [0.5, 0.6) is 0 Å². The van der Waals surface area contributed by atoms with Gasteiger partial charge in [0.2, 0.25) is 0 Å². The predicted octanol–water partition coefficient (Wildman–Crippen LogP) is 4.08. The summed E-state index contributed by atoms with van der Waals surface area (Å²) in [6.45, 7) is 0. The first-order valence-electron chi connectivity index (χ1n) is 6.36. The van der Waals surface area contributed by atoms with Crippen LogP contribution in [0, 0.1) is 5.82 Å². The van der Waals surface area contributed by atoms with E-state index >= 15 is 0 Å². The first-order chi connectivity index (χ1) is 11.0. The van der Waals surface area contributed by atoms with Gasteiger partial charge in [0.25, 0.3) is 0 Å². The van der Waals surface area contributed by atoms with Gasteiger partial charge < -0.3 is 5.11 Å². The Morgan fingerprint density at radius 3 is 2.61 bits per heavy atom. The SMILES string of the molecule is O=C(O)c1cc(-c2ccnc(Cl)c2)n(-c2ccc(F)c(Cl)c2)n1. The van der Waals surface area contributed by atoms with Crippen LogP contribution >= 0.6 is 23.2 Å². The van der Waals surface area contributed by atoms with E-state index in [1.807, 2.05) is 0 Å². The van der Waals surface area contributed by atoms with Gasteiger partial charge in [-0.3, -0.25) is 0 Å². The molecule has 0 fully saturated rings. The molecule has 23 heavy (non-hydrogen) atoms. The zero-order valence-corrected chi connectivity index (χ0v) is 12.9. The number of pyridine rings is 1. The molecule has 0 atom stereocenters. The molecule has 1 aromatic carbocycles. The molecule has 2 aromatic heterocycles. The fourth-order valence-electron chi connectivity index (χ4n) is 2.07. The average Bonchev–Trinajstić information content (AvgIpc) is 2.95. The minimum absolute atomic E-state index is 0.0893. The van der Waals surface area contributed by atoms with E-state index in [2.05, 4.69) is 10.1 Å². The summed E-state index contributed by atoms with van der Waals surface area (Å²) in [5.41, 5.74) is 1.35. The summed E-state index contributed by atoms with van der Waals surface area (Å²) >= 11 is 11.7. The molecule has 0 aliphatic rings. The van der Waals surface area contributed by atoms with Gasteiger partial charge in [-0.15, -0.1) is 0 Å². The Morgan fingerprint density at radius 1 is 1.17 bits per heavy atom. The molecule has 0 radical (unpaired) electrons. The number of nitrogens with zero attached hydrogens (tertiary/aromatic N) is 3. The molecule has 0 bridgehead atoms. The fraction of sp³-hybridized carbons (Fsp3) is 0. The molecule has 0 saturated heterocycles. The van der Waals surface area contributed by atoms with Crippen molar-refractivity contribution in [2.45, 2.75) is 0 Å². The normalized spacial score (nSPS) is 10.7. The third-order valence-electron chi connectivity index (χ3n) is 3.10. The van der Waals surface area contributed by atoms with Crippen molar-refractivity contribution in [3.05, 3.63) is 64.3 Å². The molecule has 0 aliphatic heterocycles. The maximum Gasteiger partial charge on any atom is 0.356 e. The minimum atomic E-state index is -1.18. The Bertz CT molecular complexity index is 911. The molecule has 116 valence electrons. The van der Waals surface area contributed by atoms with Gasteiger partial charge in [-0.05, 0) is 36.4 Å². The highest BCUT2D eigenvalue weighted by Gasteiger charge is 2.17. The van der Waals surface area contributed by atoms with Crippen LogP contribution in [0.3, 0.4) is 0 Å². The Labute approximate surface area is 139 Å². The van der Waals surface area contributed by atoms with Crippen LogP contribution in [-0.4, -0.2) is 25.8 Å². The average molecular weight is 352 g/mol. The van der Waals surface area contributed by atoms with Crippen molar-refractivity contribution in [1.82, 2.24) is 14.8 Å². The van der Waals surface area contributed by atoms with Gasteiger partial charge in [0.15, 0.2) is 5.69 Å². The van der Waals surface area contributed by atoms with Gasteiger partial charge in [0.1, 0.15) is 11.0 Å². The fourth-order valence-corrected chi connectivity index (χ4v) is 2.42. The summed E-state index contributed by atoms with van der Waals surface area (Å²) in [4.78, 5) is 15.1. The maximum absolute atomic E-state index is 13.3. The lowest BCUT2D eigenvalue weighted by Crippen LogP contribution is -2.02. The van der Waals surface area contributed by atoms with Crippen molar-refractivity contribution in [2.75, 3.05) is 0 Å². The number of rotatable bonds is 3. The number of benzene rings is 1. The summed E-state index contributed by atoms with van der Waals surface area (Å²) in [6.07, 6.45) is 1.49. The molecule has 0 amide bonds. The number of aromatic carboxylic acids is 1. The zero-order chi connectivity index (χ0) is 16.6. The van der Waals surface area contributed by atoms with Crippen LogP contribution in [0.2, 0.25) is 10.2 Å². The number of hydrogen-bond donors (Lipinski definition) is 1. The molecule has 8 heteroatoms. The number of hydrogen-bond acceptors (Lipinski definition) is 3. The van der Waals surface area contributed by atoms with Crippen molar-refractivity contribution in [3.8, 4) is 16.9 Å². The minimum Gasteiger partial charge on any atom is -0.476 e. The molecule has 3 aromatic rings. The Morgan fingerprint density at radius 2 is 1.96 bits per heavy atom.